The molecule has 3 saturated heterocycles. The number of para-hydroxylation sites is 2. The first-order valence-electron chi connectivity index (χ1n) is 16.7. The molecule has 0 saturated carbocycles. The summed E-state index contributed by atoms with van der Waals surface area (Å²) in [5.41, 5.74) is 1.98. The van der Waals surface area contributed by atoms with Crippen molar-refractivity contribution in [3.63, 3.8) is 0 Å². The average molecular weight is 648 g/mol. The molecule has 2 bridgehead atoms. The fraction of sp³-hybridized carbons (Fsp3) is 0.375. The molecular weight excluding hydrogens is 602 g/mol. The fourth-order valence-electron chi connectivity index (χ4n) is 8.58. The van der Waals surface area contributed by atoms with Gasteiger partial charge in [-0.3, -0.25) is 14.4 Å². The molecule has 3 aromatic rings. The molecule has 48 heavy (non-hydrogen) atoms. The van der Waals surface area contributed by atoms with Crippen molar-refractivity contribution in [1.29, 1.82) is 0 Å². The van der Waals surface area contributed by atoms with Gasteiger partial charge in [-0.25, -0.2) is 0 Å². The van der Waals surface area contributed by atoms with Crippen LogP contribution >= 0.6 is 0 Å². The van der Waals surface area contributed by atoms with Crippen LogP contribution in [0.25, 0.3) is 0 Å². The molecule has 6 atom stereocenters. The first-order valence-corrected chi connectivity index (χ1v) is 16.7. The average Bonchev–Trinajstić information content (AvgIpc) is 3.66. The zero-order valence-corrected chi connectivity index (χ0v) is 28.0. The van der Waals surface area contributed by atoms with E-state index in [0.29, 0.717) is 24.9 Å². The number of benzene rings is 3. The minimum absolute atomic E-state index is 0.215. The summed E-state index contributed by atoms with van der Waals surface area (Å²) in [5.74, 6) is -2.64. The normalized spacial score (nSPS) is 26.2. The number of aliphatic hydroxyl groups excluding tert-OH is 1. The van der Waals surface area contributed by atoms with E-state index in [4.69, 9.17) is 4.74 Å². The van der Waals surface area contributed by atoms with E-state index in [9.17, 15) is 9.90 Å². The van der Waals surface area contributed by atoms with Crippen molar-refractivity contribution < 1.29 is 24.2 Å². The summed E-state index contributed by atoms with van der Waals surface area (Å²) < 4.78 is 6.98. The Morgan fingerprint density at radius 2 is 1.52 bits per heavy atom. The zero-order chi connectivity index (χ0) is 34.2. The summed E-state index contributed by atoms with van der Waals surface area (Å²) in [6.07, 6.45) is 4.63. The number of carbonyl (C=O) groups is 3. The van der Waals surface area contributed by atoms with Crippen LogP contribution in [0.5, 0.6) is 0 Å². The summed E-state index contributed by atoms with van der Waals surface area (Å²) >= 11 is 0. The highest BCUT2D eigenvalue weighted by Crippen LogP contribution is 2.64. The van der Waals surface area contributed by atoms with E-state index in [0.717, 1.165) is 22.4 Å². The van der Waals surface area contributed by atoms with Gasteiger partial charge in [0.1, 0.15) is 11.6 Å². The van der Waals surface area contributed by atoms with E-state index in [-0.39, 0.29) is 37.4 Å². The maximum Gasteiger partial charge on any atom is 0.253 e. The molecule has 1 spiro atoms. The molecule has 0 aromatic heterocycles. The van der Waals surface area contributed by atoms with Gasteiger partial charge in [0.2, 0.25) is 11.8 Å². The summed E-state index contributed by atoms with van der Waals surface area (Å²) in [4.78, 5) is 50.0. The lowest BCUT2D eigenvalue weighted by Gasteiger charge is -2.40. The molecule has 3 fully saturated rings. The molecule has 250 valence electrons. The second-order valence-electron chi connectivity index (χ2n) is 13.6. The van der Waals surface area contributed by atoms with E-state index < -0.39 is 35.1 Å². The van der Waals surface area contributed by atoms with Crippen LogP contribution in [-0.2, 0) is 25.5 Å². The molecule has 3 heterocycles. The lowest BCUT2D eigenvalue weighted by Crippen LogP contribution is -2.59. The van der Waals surface area contributed by atoms with Crippen LogP contribution in [0.15, 0.2) is 104 Å². The van der Waals surface area contributed by atoms with Crippen molar-refractivity contribution in [1.82, 2.24) is 4.90 Å². The molecule has 3 aliphatic rings. The number of aryl methyl sites for hydroxylation is 2. The molecular formula is C40H45N3O5. The fourth-order valence-corrected chi connectivity index (χ4v) is 8.58. The SMILES string of the molecule is C=CCN(C(=O)[C@H]1[C@H]2C(=O)N([C@@H](CO)Cc3ccccc3)C(C(=O)N(CC=C)c3c(C)cccc3C)C23CC[C@]1(C)O3)c1ccccc1. The topological polar surface area (TPSA) is 90.4 Å². The number of hydrogen-bond donors (Lipinski definition) is 1. The predicted molar refractivity (Wildman–Crippen MR) is 188 cm³/mol. The van der Waals surface area contributed by atoms with Gasteiger partial charge in [-0.15, -0.1) is 13.2 Å². The molecule has 2 unspecified atom stereocenters. The van der Waals surface area contributed by atoms with E-state index in [2.05, 4.69) is 13.2 Å². The van der Waals surface area contributed by atoms with Gasteiger partial charge in [0.25, 0.3) is 5.91 Å². The van der Waals surface area contributed by atoms with Crippen LogP contribution in [0.2, 0.25) is 0 Å². The minimum Gasteiger partial charge on any atom is -0.394 e. The highest BCUT2D eigenvalue weighted by atomic mass is 16.5. The number of ether oxygens (including phenoxy) is 1. The Labute approximate surface area is 283 Å². The Hall–Kier alpha value is -4.53. The second kappa shape index (κ2) is 13.2. The number of likely N-dealkylation sites (tertiary alicyclic amines) is 1. The Balaban J connectivity index is 1.50. The zero-order valence-electron chi connectivity index (χ0n) is 28.0. The number of nitrogens with zero attached hydrogens (tertiary/aromatic N) is 3. The Morgan fingerprint density at radius 1 is 0.917 bits per heavy atom. The number of amides is 3. The van der Waals surface area contributed by atoms with Gasteiger partial charge in [0, 0.05) is 24.5 Å². The van der Waals surface area contributed by atoms with Gasteiger partial charge in [-0.05, 0) is 68.9 Å². The summed E-state index contributed by atoms with van der Waals surface area (Å²) in [6.45, 7) is 13.8. The van der Waals surface area contributed by atoms with Gasteiger partial charge in [-0.1, -0.05) is 78.9 Å². The number of rotatable bonds is 12. The standard InChI is InChI=1S/C40H45N3O5/c1-6-23-41(30-19-12-9-13-20-30)36(45)32-33-37(46)43(31(26-44)25-29-17-10-8-11-18-29)35(40(33)22-21-39(32,5)48-40)38(47)42(24-7-2)34-27(3)15-14-16-28(34)4/h6-20,31-33,35,44H,1-2,21-26H2,3-5H3/t31-,32-,33+,35?,39+,40?/m1/s1. The smallest absolute Gasteiger partial charge is 0.253 e. The maximum absolute atomic E-state index is 15.2. The van der Waals surface area contributed by atoms with Crippen LogP contribution < -0.4 is 9.80 Å². The summed E-state index contributed by atoms with van der Waals surface area (Å²) in [6, 6.07) is 23.1. The molecule has 8 nitrogen and oxygen atoms in total. The van der Waals surface area contributed by atoms with Gasteiger partial charge < -0.3 is 24.5 Å². The van der Waals surface area contributed by atoms with Gasteiger partial charge >= 0.3 is 0 Å². The Morgan fingerprint density at radius 3 is 2.12 bits per heavy atom. The van der Waals surface area contributed by atoms with E-state index in [1.807, 2.05) is 99.6 Å². The molecule has 0 radical (unpaired) electrons. The second-order valence-corrected chi connectivity index (χ2v) is 13.6. The number of fused-ring (bicyclic) bond motifs is 1. The van der Waals surface area contributed by atoms with E-state index in [1.165, 1.54) is 0 Å². The highest BCUT2D eigenvalue weighted by Gasteiger charge is 2.79. The van der Waals surface area contributed by atoms with Crippen LogP contribution in [-0.4, -0.2) is 70.7 Å². The van der Waals surface area contributed by atoms with Gasteiger partial charge in [0.05, 0.1) is 30.1 Å². The number of aliphatic hydroxyl groups is 1. The van der Waals surface area contributed by atoms with Crippen molar-refractivity contribution >= 4 is 29.1 Å². The third kappa shape index (κ3) is 5.37. The van der Waals surface area contributed by atoms with Gasteiger partial charge in [0.15, 0.2) is 0 Å². The lowest BCUT2D eigenvalue weighted by atomic mass is 9.66. The van der Waals surface area contributed by atoms with Crippen molar-refractivity contribution in [2.24, 2.45) is 11.8 Å². The van der Waals surface area contributed by atoms with E-state index >= 15 is 9.59 Å². The van der Waals surface area contributed by atoms with E-state index in [1.54, 1.807) is 26.9 Å². The third-order valence-corrected chi connectivity index (χ3v) is 10.6. The van der Waals surface area contributed by atoms with Crippen molar-refractivity contribution in [3.05, 3.63) is 121 Å². The number of hydrogen-bond acceptors (Lipinski definition) is 5. The van der Waals surface area contributed by atoms with Crippen LogP contribution in [0.4, 0.5) is 11.4 Å². The molecule has 3 aliphatic heterocycles. The quantitative estimate of drug-likeness (QED) is 0.266. The third-order valence-electron chi connectivity index (χ3n) is 10.6. The Kier molecular flexibility index (Phi) is 9.16. The van der Waals surface area contributed by atoms with Crippen molar-refractivity contribution in [2.75, 3.05) is 29.5 Å². The molecule has 1 N–H and O–H groups in total. The van der Waals surface area contributed by atoms with Crippen LogP contribution in [0, 0.1) is 25.7 Å². The van der Waals surface area contributed by atoms with Gasteiger partial charge in [-0.2, -0.15) is 0 Å². The number of anilines is 2. The molecule has 6 rings (SSSR count). The molecule has 3 amide bonds. The summed E-state index contributed by atoms with van der Waals surface area (Å²) in [7, 11) is 0. The predicted octanol–water partition coefficient (Wildman–Crippen LogP) is 5.41. The lowest BCUT2D eigenvalue weighted by molar-refractivity contribution is -0.148. The first kappa shape index (κ1) is 33.4. The Bertz CT molecular complexity index is 1690. The minimum atomic E-state index is -1.26. The first-order chi connectivity index (χ1) is 23.1. The molecule has 3 aromatic carbocycles. The van der Waals surface area contributed by atoms with Crippen molar-refractivity contribution in [3.8, 4) is 0 Å². The molecule has 0 aliphatic carbocycles. The monoisotopic (exact) mass is 647 g/mol. The molecule has 8 heteroatoms. The maximum atomic E-state index is 15.2. The van der Waals surface area contributed by atoms with Crippen LogP contribution in [0.3, 0.4) is 0 Å². The van der Waals surface area contributed by atoms with Crippen molar-refractivity contribution in [2.45, 2.75) is 63.3 Å². The summed E-state index contributed by atoms with van der Waals surface area (Å²) in [5, 5.41) is 10.9. The van der Waals surface area contributed by atoms with Crippen LogP contribution in [0.1, 0.15) is 36.5 Å². The number of carbonyl (C=O) groups excluding carboxylic acids is 3. The largest absolute Gasteiger partial charge is 0.394 e. The highest BCUT2D eigenvalue weighted by molar-refractivity contribution is 6.07.